The van der Waals surface area contributed by atoms with Crippen LogP contribution in [-0.2, 0) is 0 Å². The lowest BCUT2D eigenvalue weighted by atomic mass is 10.1. The highest BCUT2D eigenvalue weighted by Crippen LogP contribution is 2.23. The summed E-state index contributed by atoms with van der Waals surface area (Å²) in [6.07, 6.45) is -4.46. The number of rotatable bonds is 4. The summed E-state index contributed by atoms with van der Waals surface area (Å²) in [6, 6.07) is 4.18. The molecule has 1 amide bonds. The van der Waals surface area contributed by atoms with E-state index < -0.39 is 18.6 Å². The highest BCUT2D eigenvalue weighted by atomic mass is 35.5. The molecule has 0 heterocycles. The lowest BCUT2D eigenvalue weighted by molar-refractivity contribution is -0.140. The smallest absolute Gasteiger partial charge is 0.330 e. The van der Waals surface area contributed by atoms with E-state index in [1.807, 2.05) is 0 Å². The molecule has 0 aromatic heterocycles. The average molecular weight is 296 g/mol. The molecule has 0 aliphatic heterocycles. The normalized spacial score (nSPS) is 11.3. The van der Waals surface area contributed by atoms with Crippen molar-refractivity contribution in [1.29, 1.82) is 0 Å². The largest absolute Gasteiger partial charge is 0.406 e. The fraction of sp³-hybridized carbons (Fsp3) is 0.364. The molecule has 106 valence electrons. The Balaban J connectivity index is 3.06. The summed E-state index contributed by atoms with van der Waals surface area (Å²) in [6.45, 7) is 0.0669. The van der Waals surface area contributed by atoms with E-state index in [1.165, 1.54) is 25.1 Å². The highest BCUT2D eigenvalue weighted by Gasteiger charge is 2.33. The number of halogens is 4. The molecule has 0 saturated carbocycles. The molecular weight excluding hydrogens is 283 g/mol. The zero-order valence-corrected chi connectivity index (χ0v) is 10.8. The number of carbonyl (C=O) groups excluding carboxylic acids is 1. The molecule has 0 spiro atoms. The average Bonchev–Trinajstić information content (AvgIpc) is 2.34. The molecule has 1 rings (SSSR count). The summed E-state index contributed by atoms with van der Waals surface area (Å²) in [7, 11) is 0. The van der Waals surface area contributed by atoms with Crippen LogP contribution in [0.4, 0.5) is 18.9 Å². The minimum Gasteiger partial charge on any atom is -0.330 e. The number of nitrogens with one attached hydrogen (secondary N) is 1. The second-order valence-electron chi connectivity index (χ2n) is 3.77. The molecule has 1 aromatic carbocycles. The predicted octanol–water partition coefficient (Wildman–Crippen LogP) is 2.65. The number of amides is 1. The Morgan fingerprint density at radius 3 is 2.58 bits per heavy atom. The first-order chi connectivity index (χ1) is 8.78. The van der Waals surface area contributed by atoms with Gasteiger partial charge in [-0.1, -0.05) is 11.6 Å². The van der Waals surface area contributed by atoms with E-state index in [2.05, 4.69) is 5.43 Å². The van der Waals surface area contributed by atoms with Crippen LogP contribution in [0, 0.1) is 0 Å². The third-order valence-electron chi connectivity index (χ3n) is 2.41. The summed E-state index contributed by atoms with van der Waals surface area (Å²) in [5.41, 5.74) is 2.48. The lowest BCUT2D eigenvalue weighted by Gasteiger charge is -2.23. The molecule has 4 nitrogen and oxygen atoms in total. The summed E-state index contributed by atoms with van der Waals surface area (Å²) in [4.78, 5) is 12.7. The highest BCUT2D eigenvalue weighted by molar-refractivity contribution is 6.31. The second-order valence-corrected chi connectivity index (χ2v) is 4.21. The number of alkyl halides is 3. The minimum atomic E-state index is -4.46. The van der Waals surface area contributed by atoms with Crippen LogP contribution in [0.15, 0.2) is 18.2 Å². The number of nitrogens with zero attached hydrogens (tertiary/aromatic N) is 1. The van der Waals surface area contributed by atoms with E-state index in [0.29, 0.717) is 4.90 Å². The van der Waals surface area contributed by atoms with E-state index in [9.17, 15) is 18.0 Å². The van der Waals surface area contributed by atoms with Crippen LogP contribution in [0.25, 0.3) is 0 Å². The van der Waals surface area contributed by atoms with Gasteiger partial charge in [0.2, 0.25) is 0 Å². The van der Waals surface area contributed by atoms with Crippen LogP contribution < -0.4 is 11.3 Å². The topological polar surface area (TPSA) is 58.4 Å². The van der Waals surface area contributed by atoms with Crippen LogP contribution >= 0.6 is 11.6 Å². The quantitative estimate of drug-likeness (QED) is 0.663. The van der Waals surface area contributed by atoms with Gasteiger partial charge in [0.15, 0.2) is 0 Å². The molecule has 0 aliphatic carbocycles. The van der Waals surface area contributed by atoms with Gasteiger partial charge in [0.25, 0.3) is 5.91 Å². The van der Waals surface area contributed by atoms with Crippen LogP contribution in [0.2, 0.25) is 5.02 Å². The van der Waals surface area contributed by atoms with E-state index in [-0.39, 0.29) is 22.8 Å². The lowest BCUT2D eigenvalue weighted by Crippen LogP contribution is -2.39. The standard InChI is InChI=1S/C11H13ClF3N3O/c1-2-18(6-11(13,14)15)10(19)8-5-7(12)3-4-9(8)17-16/h3-5,17H,2,6,16H2,1H3. The van der Waals surface area contributed by atoms with Gasteiger partial charge in [-0.3, -0.25) is 10.6 Å². The number of carbonyl (C=O) groups is 1. The molecule has 0 bridgehead atoms. The van der Waals surface area contributed by atoms with Gasteiger partial charge in [-0.25, -0.2) is 0 Å². The van der Waals surface area contributed by atoms with Crippen LogP contribution in [0.5, 0.6) is 0 Å². The summed E-state index contributed by atoms with van der Waals surface area (Å²) < 4.78 is 37.1. The van der Waals surface area contributed by atoms with E-state index in [0.717, 1.165) is 0 Å². The first-order valence-electron chi connectivity index (χ1n) is 5.40. The Morgan fingerprint density at radius 1 is 1.47 bits per heavy atom. The number of hydrogen-bond donors (Lipinski definition) is 2. The molecule has 0 unspecified atom stereocenters. The Morgan fingerprint density at radius 2 is 2.11 bits per heavy atom. The van der Waals surface area contributed by atoms with Gasteiger partial charge in [0.1, 0.15) is 6.54 Å². The van der Waals surface area contributed by atoms with E-state index in [4.69, 9.17) is 17.4 Å². The predicted molar refractivity (Wildman–Crippen MR) is 66.9 cm³/mol. The zero-order valence-electron chi connectivity index (χ0n) is 10.1. The molecular formula is C11H13ClF3N3O. The van der Waals surface area contributed by atoms with Gasteiger partial charge in [-0.05, 0) is 25.1 Å². The number of nitrogens with two attached hydrogens (primary N) is 1. The molecule has 0 saturated heterocycles. The molecule has 3 N–H and O–H groups in total. The van der Waals surface area contributed by atoms with Crippen LogP contribution in [0.3, 0.4) is 0 Å². The Labute approximate surface area is 113 Å². The van der Waals surface area contributed by atoms with Gasteiger partial charge < -0.3 is 10.3 Å². The maximum absolute atomic E-state index is 12.4. The first kappa shape index (κ1) is 15.6. The fourth-order valence-corrected chi connectivity index (χ4v) is 1.71. The van der Waals surface area contributed by atoms with Gasteiger partial charge in [0, 0.05) is 11.6 Å². The monoisotopic (exact) mass is 295 g/mol. The number of anilines is 1. The van der Waals surface area contributed by atoms with Crippen molar-refractivity contribution in [3.63, 3.8) is 0 Å². The van der Waals surface area contributed by atoms with Crippen molar-refractivity contribution >= 4 is 23.2 Å². The van der Waals surface area contributed by atoms with Crippen LogP contribution in [0.1, 0.15) is 17.3 Å². The Hall–Kier alpha value is -1.47. The summed E-state index contributed by atoms with van der Waals surface area (Å²) in [5, 5.41) is 0.241. The fourth-order valence-electron chi connectivity index (χ4n) is 1.53. The maximum atomic E-state index is 12.4. The second kappa shape index (κ2) is 6.12. The van der Waals surface area contributed by atoms with E-state index >= 15 is 0 Å². The third-order valence-corrected chi connectivity index (χ3v) is 2.64. The summed E-state index contributed by atoms with van der Waals surface area (Å²) >= 11 is 5.74. The van der Waals surface area contributed by atoms with Crippen molar-refractivity contribution in [2.24, 2.45) is 5.84 Å². The maximum Gasteiger partial charge on any atom is 0.406 e. The van der Waals surface area contributed by atoms with Crippen molar-refractivity contribution in [2.45, 2.75) is 13.1 Å². The number of nitrogen functional groups attached to an aromatic ring is 1. The Kier molecular flexibility index (Phi) is 5.02. The summed E-state index contributed by atoms with van der Waals surface area (Å²) in [5.74, 6) is 4.44. The van der Waals surface area contributed by atoms with Gasteiger partial charge >= 0.3 is 6.18 Å². The molecule has 0 atom stereocenters. The molecule has 1 aromatic rings. The van der Waals surface area contributed by atoms with E-state index in [1.54, 1.807) is 0 Å². The van der Waals surface area contributed by atoms with Crippen LogP contribution in [-0.4, -0.2) is 30.1 Å². The number of hydrogen-bond acceptors (Lipinski definition) is 3. The molecule has 8 heteroatoms. The zero-order chi connectivity index (χ0) is 14.6. The number of hydrazine groups is 1. The molecule has 19 heavy (non-hydrogen) atoms. The van der Waals surface area contributed by atoms with Gasteiger partial charge in [-0.15, -0.1) is 0 Å². The molecule has 0 aliphatic rings. The SMILES string of the molecule is CCN(CC(F)(F)F)C(=O)c1cc(Cl)ccc1NN. The third kappa shape index (κ3) is 4.29. The molecule has 0 radical (unpaired) electrons. The number of benzene rings is 1. The van der Waals surface area contributed by atoms with Crippen molar-refractivity contribution in [1.82, 2.24) is 4.90 Å². The van der Waals surface area contributed by atoms with Crippen molar-refractivity contribution in [3.8, 4) is 0 Å². The van der Waals surface area contributed by atoms with Gasteiger partial charge in [-0.2, -0.15) is 13.2 Å². The minimum absolute atomic E-state index is 0.00102. The van der Waals surface area contributed by atoms with Crippen molar-refractivity contribution < 1.29 is 18.0 Å². The van der Waals surface area contributed by atoms with Crippen molar-refractivity contribution in [3.05, 3.63) is 28.8 Å². The Bertz CT molecular complexity index is 465. The first-order valence-corrected chi connectivity index (χ1v) is 5.78. The molecule has 0 fully saturated rings. The van der Waals surface area contributed by atoms with Crippen molar-refractivity contribution in [2.75, 3.05) is 18.5 Å². The van der Waals surface area contributed by atoms with Gasteiger partial charge in [0.05, 0.1) is 11.3 Å².